The maximum atomic E-state index is 4.88. The molecule has 0 N–H and O–H groups in total. The standard InChI is InChI=1S/C22H23N3S/c1-3-4-13-25-21-14-16(2)9-12-20(21)24-22(25)26-15-18-11-10-17-7-5-6-8-19(17)23-18/h5-12,14H,3-4,13,15H2,1-2H3. The molecule has 0 saturated heterocycles. The molecule has 2 aromatic carbocycles. The van der Waals surface area contributed by atoms with Crippen LogP contribution in [0.2, 0.25) is 0 Å². The lowest BCUT2D eigenvalue weighted by molar-refractivity contribution is 0.601. The second-order valence-corrected chi connectivity index (χ2v) is 7.62. The van der Waals surface area contributed by atoms with E-state index in [-0.39, 0.29) is 0 Å². The van der Waals surface area contributed by atoms with Gasteiger partial charge in [-0.2, -0.15) is 0 Å². The Morgan fingerprint density at radius 2 is 1.85 bits per heavy atom. The lowest BCUT2D eigenvalue weighted by atomic mass is 10.2. The molecule has 0 fully saturated rings. The van der Waals surface area contributed by atoms with Gasteiger partial charge in [0.2, 0.25) is 0 Å². The lowest BCUT2D eigenvalue weighted by Gasteiger charge is -2.08. The number of hydrogen-bond acceptors (Lipinski definition) is 3. The molecule has 0 atom stereocenters. The number of pyridine rings is 1. The molecule has 4 heteroatoms. The summed E-state index contributed by atoms with van der Waals surface area (Å²) in [6, 6.07) is 19.1. The minimum atomic E-state index is 0.833. The molecule has 0 radical (unpaired) electrons. The highest BCUT2D eigenvalue weighted by Crippen LogP contribution is 2.28. The van der Waals surface area contributed by atoms with E-state index in [4.69, 9.17) is 9.97 Å². The molecule has 0 amide bonds. The van der Waals surface area contributed by atoms with Gasteiger partial charge in [0.05, 0.1) is 22.2 Å². The fraction of sp³-hybridized carbons (Fsp3) is 0.273. The minimum absolute atomic E-state index is 0.833. The third kappa shape index (κ3) is 3.47. The van der Waals surface area contributed by atoms with E-state index >= 15 is 0 Å². The normalized spacial score (nSPS) is 11.5. The van der Waals surface area contributed by atoms with Crippen molar-refractivity contribution in [1.29, 1.82) is 0 Å². The first-order valence-electron chi connectivity index (χ1n) is 9.19. The van der Waals surface area contributed by atoms with Gasteiger partial charge < -0.3 is 4.57 Å². The van der Waals surface area contributed by atoms with Crippen LogP contribution in [0.5, 0.6) is 0 Å². The Hall–Kier alpha value is -2.33. The lowest BCUT2D eigenvalue weighted by Crippen LogP contribution is -2.00. The summed E-state index contributed by atoms with van der Waals surface area (Å²) >= 11 is 1.78. The zero-order valence-corrected chi connectivity index (χ0v) is 16.1. The van der Waals surface area contributed by atoms with Gasteiger partial charge in [-0.1, -0.05) is 55.4 Å². The average Bonchev–Trinajstić information content (AvgIpc) is 3.01. The molecule has 26 heavy (non-hydrogen) atoms. The highest BCUT2D eigenvalue weighted by atomic mass is 32.2. The molecular weight excluding hydrogens is 338 g/mol. The Bertz CT molecular complexity index is 1050. The summed E-state index contributed by atoms with van der Waals surface area (Å²) in [5, 5.41) is 2.28. The molecule has 0 unspecified atom stereocenters. The number of aromatic nitrogens is 3. The molecule has 0 spiro atoms. The number of nitrogens with zero attached hydrogens (tertiary/aromatic N) is 3. The van der Waals surface area contributed by atoms with Crippen LogP contribution in [0.15, 0.2) is 59.8 Å². The van der Waals surface area contributed by atoms with E-state index in [0.717, 1.165) is 34.2 Å². The topological polar surface area (TPSA) is 30.7 Å². The van der Waals surface area contributed by atoms with Gasteiger partial charge in [-0.15, -0.1) is 0 Å². The van der Waals surface area contributed by atoms with E-state index in [1.54, 1.807) is 11.8 Å². The van der Waals surface area contributed by atoms with E-state index in [9.17, 15) is 0 Å². The van der Waals surface area contributed by atoms with Crippen molar-refractivity contribution in [3.8, 4) is 0 Å². The van der Waals surface area contributed by atoms with E-state index in [0.29, 0.717) is 0 Å². The van der Waals surface area contributed by atoms with E-state index in [1.165, 1.54) is 29.3 Å². The first-order chi connectivity index (χ1) is 12.7. The first kappa shape index (κ1) is 17.1. The minimum Gasteiger partial charge on any atom is -0.319 e. The monoisotopic (exact) mass is 361 g/mol. The first-order valence-corrected chi connectivity index (χ1v) is 10.2. The molecule has 0 bridgehead atoms. The molecule has 4 aromatic rings. The average molecular weight is 362 g/mol. The molecule has 0 saturated carbocycles. The number of hydrogen-bond donors (Lipinski definition) is 0. The van der Waals surface area contributed by atoms with Crippen molar-refractivity contribution in [3.63, 3.8) is 0 Å². The number of para-hydroxylation sites is 1. The predicted octanol–water partition coefficient (Wildman–Crippen LogP) is 5.99. The molecular formula is C22H23N3S. The Labute approximate surface area is 158 Å². The summed E-state index contributed by atoms with van der Waals surface area (Å²) < 4.78 is 2.37. The van der Waals surface area contributed by atoms with Crippen LogP contribution in [0.1, 0.15) is 31.0 Å². The smallest absolute Gasteiger partial charge is 0.169 e. The van der Waals surface area contributed by atoms with Crippen LogP contribution in [0.25, 0.3) is 21.9 Å². The Morgan fingerprint density at radius 3 is 2.73 bits per heavy atom. The third-order valence-electron chi connectivity index (χ3n) is 4.61. The highest BCUT2D eigenvalue weighted by Gasteiger charge is 2.12. The van der Waals surface area contributed by atoms with Gasteiger partial charge in [0.1, 0.15) is 0 Å². The van der Waals surface area contributed by atoms with Crippen molar-refractivity contribution in [2.45, 2.75) is 44.1 Å². The number of benzene rings is 2. The van der Waals surface area contributed by atoms with Crippen molar-refractivity contribution < 1.29 is 0 Å². The van der Waals surface area contributed by atoms with Crippen molar-refractivity contribution >= 4 is 33.7 Å². The highest BCUT2D eigenvalue weighted by molar-refractivity contribution is 7.98. The molecule has 3 nitrogen and oxygen atoms in total. The maximum absolute atomic E-state index is 4.88. The summed E-state index contributed by atoms with van der Waals surface area (Å²) in [6.07, 6.45) is 2.35. The summed E-state index contributed by atoms with van der Waals surface area (Å²) in [5.41, 5.74) is 5.76. The van der Waals surface area contributed by atoms with E-state index < -0.39 is 0 Å². The fourth-order valence-corrected chi connectivity index (χ4v) is 4.13. The Morgan fingerprint density at radius 1 is 0.962 bits per heavy atom. The summed E-state index contributed by atoms with van der Waals surface area (Å²) in [5.74, 6) is 0.833. The van der Waals surface area contributed by atoms with E-state index in [2.05, 4.69) is 66.9 Å². The van der Waals surface area contributed by atoms with Crippen LogP contribution in [-0.2, 0) is 12.3 Å². The molecule has 0 aliphatic rings. The summed E-state index contributed by atoms with van der Waals surface area (Å²) in [6.45, 7) is 5.39. The molecule has 132 valence electrons. The van der Waals surface area contributed by atoms with Gasteiger partial charge in [0, 0.05) is 17.7 Å². The van der Waals surface area contributed by atoms with Crippen LogP contribution in [0.3, 0.4) is 0 Å². The van der Waals surface area contributed by atoms with Crippen molar-refractivity contribution in [1.82, 2.24) is 14.5 Å². The second-order valence-electron chi connectivity index (χ2n) is 6.68. The van der Waals surface area contributed by atoms with Crippen LogP contribution in [0.4, 0.5) is 0 Å². The molecule has 0 aliphatic heterocycles. The van der Waals surface area contributed by atoms with Crippen molar-refractivity contribution in [2.75, 3.05) is 0 Å². The number of imidazole rings is 1. The molecule has 4 rings (SSSR count). The maximum Gasteiger partial charge on any atom is 0.169 e. The fourth-order valence-electron chi connectivity index (χ4n) is 3.18. The van der Waals surface area contributed by atoms with Crippen molar-refractivity contribution in [2.24, 2.45) is 0 Å². The van der Waals surface area contributed by atoms with Crippen LogP contribution >= 0.6 is 11.8 Å². The Kier molecular flexibility index (Phi) is 4.93. The SMILES string of the molecule is CCCCn1c(SCc2ccc3ccccc3n2)nc2ccc(C)cc21. The van der Waals surface area contributed by atoms with Gasteiger partial charge in [-0.3, -0.25) is 4.98 Å². The number of thioether (sulfide) groups is 1. The molecule has 0 aliphatic carbocycles. The molecule has 2 heterocycles. The summed E-state index contributed by atoms with van der Waals surface area (Å²) in [4.78, 5) is 9.67. The van der Waals surface area contributed by atoms with Crippen LogP contribution in [-0.4, -0.2) is 14.5 Å². The summed E-state index contributed by atoms with van der Waals surface area (Å²) in [7, 11) is 0. The number of unbranched alkanes of at least 4 members (excludes halogenated alkanes) is 1. The largest absolute Gasteiger partial charge is 0.319 e. The molecule has 2 aromatic heterocycles. The van der Waals surface area contributed by atoms with Gasteiger partial charge in [0.15, 0.2) is 5.16 Å². The third-order valence-corrected chi connectivity index (χ3v) is 5.62. The number of fused-ring (bicyclic) bond motifs is 2. The zero-order valence-electron chi connectivity index (χ0n) is 15.3. The quantitative estimate of drug-likeness (QED) is 0.395. The van der Waals surface area contributed by atoms with Gasteiger partial charge in [-0.05, 0) is 43.2 Å². The van der Waals surface area contributed by atoms with Gasteiger partial charge >= 0.3 is 0 Å². The van der Waals surface area contributed by atoms with Gasteiger partial charge in [0.25, 0.3) is 0 Å². The number of aryl methyl sites for hydroxylation is 2. The van der Waals surface area contributed by atoms with E-state index in [1.807, 2.05) is 6.07 Å². The predicted molar refractivity (Wildman–Crippen MR) is 111 cm³/mol. The van der Waals surface area contributed by atoms with Crippen molar-refractivity contribution in [3.05, 3.63) is 65.9 Å². The van der Waals surface area contributed by atoms with Crippen LogP contribution in [0, 0.1) is 6.92 Å². The zero-order chi connectivity index (χ0) is 17.9. The van der Waals surface area contributed by atoms with Gasteiger partial charge in [-0.25, -0.2) is 4.98 Å². The second kappa shape index (κ2) is 7.50. The number of rotatable bonds is 6. The van der Waals surface area contributed by atoms with Crippen LogP contribution < -0.4 is 0 Å². The Balaban J connectivity index is 1.62.